The van der Waals surface area contributed by atoms with E-state index in [1.54, 1.807) is 0 Å². The average molecular weight is 289 g/mol. The van der Waals surface area contributed by atoms with Crippen molar-refractivity contribution < 1.29 is 39.3 Å². The fraction of sp³-hybridized carbons (Fsp3) is 1.00. The van der Waals surface area contributed by atoms with Gasteiger partial charge in [-0.05, 0) is 0 Å². The molecule has 0 fully saturated rings. The first-order valence-electron chi connectivity index (χ1n) is 4.17. The Labute approximate surface area is 93.1 Å². The lowest BCUT2D eigenvalue weighted by Gasteiger charge is -2.19. The van der Waals surface area contributed by atoms with E-state index in [1.165, 1.54) is 0 Å². The van der Waals surface area contributed by atoms with Gasteiger partial charge in [0.2, 0.25) is 0 Å². The predicted octanol–water partition coefficient (Wildman–Crippen LogP) is 2.00. The van der Waals surface area contributed by atoms with E-state index in [2.05, 4.69) is 0 Å². The minimum absolute atomic E-state index is 0.270. The van der Waals surface area contributed by atoms with Crippen molar-refractivity contribution in [2.45, 2.75) is 25.2 Å². The Kier molecular flexibility index (Phi) is 5.22. The van der Waals surface area contributed by atoms with Gasteiger partial charge >= 0.3 is 22.7 Å². The highest BCUT2D eigenvalue weighted by atomic mass is 32.2. The summed E-state index contributed by atoms with van der Waals surface area (Å²) in [5.41, 5.74) is 0. The predicted molar refractivity (Wildman–Crippen MR) is 44.5 cm³/mol. The monoisotopic (exact) mass is 289 g/mol. The van der Waals surface area contributed by atoms with E-state index in [4.69, 9.17) is 4.55 Å². The Morgan fingerprint density at radius 2 is 1.18 bits per heavy atom. The van der Waals surface area contributed by atoms with Gasteiger partial charge in [-0.15, -0.1) is 0 Å². The van der Waals surface area contributed by atoms with E-state index < -0.39 is 48.6 Å². The molecule has 0 amide bonds. The third-order valence-electron chi connectivity index (χ3n) is 1.62. The van der Waals surface area contributed by atoms with Crippen LogP contribution in [0.1, 0.15) is 12.8 Å². The van der Waals surface area contributed by atoms with Crippen LogP contribution in [0.3, 0.4) is 0 Å². The first-order chi connectivity index (χ1) is 7.31. The molecule has 0 aromatic carbocycles. The highest BCUT2D eigenvalue weighted by Crippen LogP contribution is 2.23. The summed E-state index contributed by atoms with van der Waals surface area (Å²) >= 11 is 0. The minimum Gasteiger partial charge on any atom is -0.273 e. The molecule has 0 atom stereocenters. The van der Waals surface area contributed by atoms with Crippen LogP contribution < -0.4 is 0 Å². The van der Waals surface area contributed by atoms with Crippen LogP contribution in [0.15, 0.2) is 0 Å². The smallest absolute Gasteiger partial charge is 0.273 e. The van der Waals surface area contributed by atoms with Crippen molar-refractivity contribution in [3.8, 4) is 0 Å². The SMILES string of the molecule is O=S(=O)(O)N(CCC(F)(F)F)CCC(F)(F)F. The fourth-order valence-electron chi connectivity index (χ4n) is 0.845. The van der Waals surface area contributed by atoms with Crippen LogP contribution in [-0.2, 0) is 10.3 Å². The van der Waals surface area contributed by atoms with Crippen LogP contribution in [-0.4, -0.2) is 42.7 Å². The summed E-state index contributed by atoms with van der Waals surface area (Å²) < 4.78 is 99.7. The molecule has 0 saturated carbocycles. The summed E-state index contributed by atoms with van der Waals surface area (Å²) in [5, 5.41) is 0. The number of hydrogen-bond donors (Lipinski definition) is 1. The molecule has 0 aliphatic rings. The third kappa shape index (κ3) is 9.18. The topological polar surface area (TPSA) is 57.6 Å². The highest BCUT2D eigenvalue weighted by molar-refractivity contribution is 7.83. The van der Waals surface area contributed by atoms with Gasteiger partial charge in [0.05, 0.1) is 12.8 Å². The van der Waals surface area contributed by atoms with Gasteiger partial charge in [-0.1, -0.05) is 0 Å². The first-order valence-corrected chi connectivity index (χ1v) is 5.57. The zero-order valence-electron chi connectivity index (χ0n) is 8.22. The minimum atomic E-state index is -5.08. The third-order valence-corrected chi connectivity index (χ3v) is 2.63. The largest absolute Gasteiger partial charge is 0.390 e. The molecular weight excluding hydrogens is 280 g/mol. The highest BCUT2D eigenvalue weighted by Gasteiger charge is 2.34. The normalized spacial score (nSPS) is 14.4. The van der Waals surface area contributed by atoms with E-state index in [0.29, 0.717) is 0 Å². The van der Waals surface area contributed by atoms with Crippen LogP contribution in [0.2, 0.25) is 0 Å². The first kappa shape index (κ1) is 16.4. The molecule has 0 spiro atoms. The standard InChI is InChI=1S/C6H9F6NO3S/c7-5(8,9)1-3-13(17(14,15)16)4-2-6(10,11)12/h1-4H2,(H,14,15,16). The van der Waals surface area contributed by atoms with Gasteiger partial charge in [-0.2, -0.15) is 39.1 Å². The zero-order chi connectivity index (χ0) is 13.9. The molecule has 0 aromatic rings. The Balaban J connectivity index is 4.48. The maximum absolute atomic E-state index is 11.8. The van der Waals surface area contributed by atoms with Crippen LogP contribution in [0.25, 0.3) is 0 Å². The lowest BCUT2D eigenvalue weighted by molar-refractivity contribution is -0.141. The summed E-state index contributed by atoms with van der Waals surface area (Å²) in [6, 6.07) is 0. The van der Waals surface area contributed by atoms with Crippen molar-refractivity contribution in [3.63, 3.8) is 0 Å². The van der Waals surface area contributed by atoms with Crippen LogP contribution in [0, 0.1) is 0 Å². The second kappa shape index (κ2) is 5.40. The molecule has 0 heterocycles. The van der Waals surface area contributed by atoms with Crippen molar-refractivity contribution in [3.05, 3.63) is 0 Å². The van der Waals surface area contributed by atoms with Gasteiger partial charge < -0.3 is 0 Å². The van der Waals surface area contributed by atoms with Gasteiger partial charge in [0.25, 0.3) is 0 Å². The molecule has 0 bridgehead atoms. The zero-order valence-corrected chi connectivity index (χ0v) is 9.03. The molecule has 0 radical (unpaired) electrons. The second-order valence-electron chi connectivity index (χ2n) is 3.11. The Hall–Kier alpha value is -0.550. The van der Waals surface area contributed by atoms with E-state index in [9.17, 15) is 34.8 Å². The van der Waals surface area contributed by atoms with Crippen molar-refractivity contribution in [2.24, 2.45) is 0 Å². The number of alkyl halides is 6. The molecule has 4 nitrogen and oxygen atoms in total. The number of hydrogen-bond acceptors (Lipinski definition) is 2. The Morgan fingerprint density at radius 3 is 1.35 bits per heavy atom. The van der Waals surface area contributed by atoms with Crippen molar-refractivity contribution in [1.82, 2.24) is 4.31 Å². The average Bonchev–Trinajstić information content (AvgIpc) is 1.96. The van der Waals surface area contributed by atoms with Crippen LogP contribution in [0.5, 0.6) is 0 Å². The second-order valence-corrected chi connectivity index (χ2v) is 4.52. The fourth-order valence-corrected chi connectivity index (χ4v) is 1.49. The molecule has 11 heteroatoms. The van der Waals surface area contributed by atoms with E-state index in [0.717, 1.165) is 0 Å². The van der Waals surface area contributed by atoms with Crippen LogP contribution in [0.4, 0.5) is 26.3 Å². The molecule has 104 valence electrons. The maximum Gasteiger partial charge on any atom is 0.390 e. The number of rotatable bonds is 5. The molecule has 0 aromatic heterocycles. The lowest BCUT2D eigenvalue weighted by Crippen LogP contribution is -2.36. The molecule has 0 saturated heterocycles. The van der Waals surface area contributed by atoms with Gasteiger partial charge in [0.1, 0.15) is 0 Å². The lowest BCUT2D eigenvalue weighted by atomic mass is 10.3. The number of halogens is 6. The molecular formula is C6H9F6NO3S. The summed E-state index contributed by atoms with van der Waals surface area (Å²) in [5.74, 6) is 0. The molecule has 0 unspecified atom stereocenters. The quantitative estimate of drug-likeness (QED) is 0.622. The summed E-state index contributed by atoms with van der Waals surface area (Å²) in [7, 11) is -5.08. The van der Waals surface area contributed by atoms with Gasteiger partial charge in [-0.25, -0.2) is 0 Å². The van der Waals surface area contributed by atoms with Crippen LogP contribution >= 0.6 is 0 Å². The van der Waals surface area contributed by atoms with Gasteiger partial charge in [0.15, 0.2) is 0 Å². The number of nitrogens with zero attached hydrogens (tertiary/aromatic N) is 1. The summed E-state index contributed by atoms with van der Waals surface area (Å²) in [6.07, 6.45) is -12.7. The maximum atomic E-state index is 11.8. The van der Waals surface area contributed by atoms with E-state index in [1.807, 2.05) is 0 Å². The van der Waals surface area contributed by atoms with E-state index in [-0.39, 0.29) is 4.31 Å². The summed E-state index contributed by atoms with van der Waals surface area (Å²) in [4.78, 5) is 0. The van der Waals surface area contributed by atoms with Crippen molar-refractivity contribution >= 4 is 10.3 Å². The molecule has 17 heavy (non-hydrogen) atoms. The summed E-state index contributed by atoms with van der Waals surface area (Å²) in [6.45, 7) is -2.50. The molecule has 0 rings (SSSR count). The molecule has 0 aliphatic carbocycles. The van der Waals surface area contributed by atoms with Crippen molar-refractivity contribution in [2.75, 3.05) is 13.1 Å². The van der Waals surface area contributed by atoms with Gasteiger partial charge in [-0.3, -0.25) is 4.55 Å². The van der Waals surface area contributed by atoms with Crippen molar-refractivity contribution in [1.29, 1.82) is 0 Å². The van der Waals surface area contributed by atoms with Gasteiger partial charge in [0, 0.05) is 13.1 Å². The molecule has 1 N–H and O–H groups in total. The Bertz CT molecular complexity index is 317. The molecule has 0 aliphatic heterocycles. The van der Waals surface area contributed by atoms with E-state index >= 15 is 0 Å². The Morgan fingerprint density at radius 1 is 0.882 bits per heavy atom.